The Morgan fingerprint density at radius 1 is 1.09 bits per heavy atom. The SMILES string of the molecule is CC(=O)Nc1cccc([C@@H](C)NC(=O)NCC2(NC(=O)OC(C)(C)C)CCCCCC2)c1. The van der Waals surface area contributed by atoms with E-state index in [1.165, 1.54) is 6.92 Å². The molecule has 8 heteroatoms. The van der Waals surface area contributed by atoms with Gasteiger partial charge in [0.05, 0.1) is 11.6 Å². The minimum atomic E-state index is -0.581. The van der Waals surface area contributed by atoms with Crippen LogP contribution in [-0.2, 0) is 9.53 Å². The summed E-state index contributed by atoms with van der Waals surface area (Å²) in [6.45, 7) is 9.17. The van der Waals surface area contributed by atoms with Gasteiger partial charge in [-0.05, 0) is 58.2 Å². The fourth-order valence-electron chi connectivity index (χ4n) is 3.94. The zero-order chi connectivity index (χ0) is 23.8. The van der Waals surface area contributed by atoms with Crippen molar-refractivity contribution in [1.82, 2.24) is 16.0 Å². The molecule has 1 saturated carbocycles. The maximum atomic E-state index is 12.6. The number of rotatable bonds is 6. The van der Waals surface area contributed by atoms with Crippen LogP contribution in [0.25, 0.3) is 0 Å². The van der Waals surface area contributed by atoms with Crippen molar-refractivity contribution in [2.45, 2.75) is 90.3 Å². The molecule has 1 aromatic rings. The summed E-state index contributed by atoms with van der Waals surface area (Å²) in [5, 5.41) is 11.7. The number of hydrogen-bond acceptors (Lipinski definition) is 4. The lowest BCUT2D eigenvalue weighted by atomic mass is 9.90. The Labute approximate surface area is 191 Å². The van der Waals surface area contributed by atoms with Gasteiger partial charge in [0.25, 0.3) is 0 Å². The Bertz CT molecular complexity index is 795. The number of amides is 4. The van der Waals surface area contributed by atoms with E-state index < -0.39 is 17.2 Å². The molecule has 4 N–H and O–H groups in total. The van der Waals surface area contributed by atoms with Gasteiger partial charge in [-0.25, -0.2) is 9.59 Å². The molecule has 1 aromatic carbocycles. The fourth-order valence-corrected chi connectivity index (χ4v) is 3.94. The molecule has 0 spiro atoms. The first-order chi connectivity index (χ1) is 15.0. The van der Waals surface area contributed by atoms with Crippen LogP contribution in [0.2, 0.25) is 0 Å². The molecule has 1 aliphatic rings. The first kappa shape index (κ1) is 25.5. The molecule has 2 rings (SSSR count). The van der Waals surface area contributed by atoms with Crippen molar-refractivity contribution < 1.29 is 19.1 Å². The Morgan fingerprint density at radius 2 is 1.75 bits per heavy atom. The number of hydrogen-bond donors (Lipinski definition) is 4. The summed E-state index contributed by atoms with van der Waals surface area (Å²) in [6.07, 6.45) is 5.35. The van der Waals surface area contributed by atoms with Crippen molar-refractivity contribution in [2.24, 2.45) is 0 Å². The Hall–Kier alpha value is -2.77. The van der Waals surface area contributed by atoms with E-state index in [2.05, 4.69) is 21.3 Å². The van der Waals surface area contributed by atoms with Crippen LogP contribution in [0.3, 0.4) is 0 Å². The van der Waals surface area contributed by atoms with Gasteiger partial charge in [-0.15, -0.1) is 0 Å². The van der Waals surface area contributed by atoms with E-state index in [9.17, 15) is 14.4 Å². The van der Waals surface area contributed by atoms with Crippen LogP contribution in [-0.4, -0.2) is 35.7 Å². The standard InChI is InChI=1S/C24H38N4O4/c1-17(19-11-10-12-20(15-19)27-18(2)29)26-21(30)25-16-24(13-8-6-7-9-14-24)28-22(31)32-23(3,4)5/h10-12,15,17H,6-9,13-14,16H2,1-5H3,(H,27,29)(H,28,31)(H2,25,26,30)/t17-/m1/s1. The molecule has 1 fully saturated rings. The number of alkyl carbamates (subject to hydrolysis) is 1. The summed E-state index contributed by atoms with van der Waals surface area (Å²) in [7, 11) is 0. The van der Waals surface area contributed by atoms with Gasteiger partial charge in [0, 0.05) is 19.2 Å². The third kappa shape index (κ3) is 8.77. The van der Waals surface area contributed by atoms with Gasteiger partial charge in [0.15, 0.2) is 0 Å². The number of urea groups is 1. The van der Waals surface area contributed by atoms with Crippen molar-refractivity contribution in [2.75, 3.05) is 11.9 Å². The highest BCUT2D eigenvalue weighted by Crippen LogP contribution is 2.27. The smallest absolute Gasteiger partial charge is 0.408 e. The summed E-state index contributed by atoms with van der Waals surface area (Å²) in [5.74, 6) is -0.147. The van der Waals surface area contributed by atoms with Crippen LogP contribution in [0.5, 0.6) is 0 Å². The summed E-state index contributed by atoms with van der Waals surface area (Å²) in [4.78, 5) is 36.4. The maximum Gasteiger partial charge on any atom is 0.408 e. The highest BCUT2D eigenvalue weighted by atomic mass is 16.6. The van der Waals surface area contributed by atoms with Crippen LogP contribution in [0.15, 0.2) is 24.3 Å². The molecule has 0 bridgehead atoms. The van der Waals surface area contributed by atoms with Crippen molar-refractivity contribution in [3.8, 4) is 0 Å². The fraction of sp³-hybridized carbons (Fsp3) is 0.625. The molecule has 1 aliphatic carbocycles. The highest BCUT2D eigenvalue weighted by molar-refractivity contribution is 5.88. The van der Waals surface area contributed by atoms with E-state index >= 15 is 0 Å². The van der Waals surface area contributed by atoms with Gasteiger partial charge in [0.1, 0.15) is 5.60 Å². The number of carbonyl (C=O) groups is 3. The number of benzene rings is 1. The first-order valence-electron chi connectivity index (χ1n) is 11.4. The average molecular weight is 447 g/mol. The quantitative estimate of drug-likeness (QED) is 0.478. The Kier molecular flexibility index (Phi) is 8.92. The zero-order valence-electron chi connectivity index (χ0n) is 20.0. The number of nitrogens with one attached hydrogen (secondary N) is 4. The molecule has 32 heavy (non-hydrogen) atoms. The summed E-state index contributed by atoms with van der Waals surface area (Å²) >= 11 is 0. The van der Waals surface area contributed by atoms with Crippen LogP contribution < -0.4 is 21.3 Å². The van der Waals surface area contributed by atoms with Crippen LogP contribution in [0.1, 0.15) is 84.7 Å². The molecular formula is C24H38N4O4. The second-order valence-electron chi connectivity index (χ2n) is 9.68. The van der Waals surface area contributed by atoms with Crippen LogP contribution >= 0.6 is 0 Å². The van der Waals surface area contributed by atoms with E-state index in [4.69, 9.17) is 4.74 Å². The molecule has 4 amide bonds. The first-order valence-corrected chi connectivity index (χ1v) is 11.4. The maximum absolute atomic E-state index is 12.6. The van der Waals surface area contributed by atoms with Crippen molar-refractivity contribution in [1.29, 1.82) is 0 Å². The molecular weight excluding hydrogens is 408 g/mol. The Morgan fingerprint density at radius 3 is 2.34 bits per heavy atom. The number of anilines is 1. The van der Waals surface area contributed by atoms with Gasteiger partial charge >= 0.3 is 12.1 Å². The molecule has 0 aromatic heterocycles. The lowest BCUT2D eigenvalue weighted by molar-refractivity contribution is -0.114. The molecule has 0 aliphatic heterocycles. The van der Waals surface area contributed by atoms with Gasteiger partial charge in [-0.1, -0.05) is 37.8 Å². The third-order valence-electron chi connectivity index (χ3n) is 5.47. The molecule has 0 unspecified atom stereocenters. The zero-order valence-corrected chi connectivity index (χ0v) is 20.0. The molecule has 0 saturated heterocycles. The van der Waals surface area contributed by atoms with E-state index in [-0.39, 0.29) is 18.0 Å². The molecule has 1 atom stereocenters. The van der Waals surface area contributed by atoms with Gasteiger partial charge in [-0.3, -0.25) is 4.79 Å². The summed E-state index contributed by atoms with van der Waals surface area (Å²) < 4.78 is 5.47. The molecule has 178 valence electrons. The molecule has 0 heterocycles. The highest BCUT2D eigenvalue weighted by Gasteiger charge is 2.34. The van der Waals surface area contributed by atoms with E-state index in [0.717, 1.165) is 44.1 Å². The Balaban J connectivity index is 1.98. The van der Waals surface area contributed by atoms with Crippen molar-refractivity contribution >= 4 is 23.7 Å². The lowest BCUT2D eigenvalue weighted by Crippen LogP contribution is -2.57. The van der Waals surface area contributed by atoms with Crippen LogP contribution in [0.4, 0.5) is 15.3 Å². The van der Waals surface area contributed by atoms with Crippen molar-refractivity contribution in [3.63, 3.8) is 0 Å². The third-order valence-corrected chi connectivity index (χ3v) is 5.47. The minimum absolute atomic E-state index is 0.147. The second kappa shape index (κ2) is 11.2. The number of ether oxygens (including phenoxy) is 1. The van der Waals surface area contributed by atoms with E-state index in [1.54, 1.807) is 6.07 Å². The van der Waals surface area contributed by atoms with Gasteiger partial charge in [0.2, 0.25) is 5.91 Å². The normalized spacial score (nSPS) is 16.8. The van der Waals surface area contributed by atoms with Crippen molar-refractivity contribution in [3.05, 3.63) is 29.8 Å². The molecule has 0 radical (unpaired) electrons. The van der Waals surface area contributed by atoms with Crippen LogP contribution in [0, 0.1) is 0 Å². The predicted molar refractivity (Wildman–Crippen MR) is 125 cm³/mol. The largest absolute Gasteiger partial charge is 0.444 e. The lowest BCUT2D eigenvalue weighted by Gasteiger charge is -2.35. The monoisotopic (exact) mass is 446 g/mol. The summed E-state index contributed by atoms with van der Waals surface area (Å²) in [6, 6.07) is 6.80. The van der Waals surface area contributed by atoms with E-state index in [0.29, 0.717) is 12.2 Å². The molecule has 8 nitrogen and oxygen atoms in total. The second-order valence-corrected chi connectivity index (χ2v) is 9.68. The summed E-state index contributed by atoms with van der Waals surface area (Å²) in [5.41, 5.74) is 0.456. The number of carbonyl (C=O) groups excluding carboxylic acids is 3. The predicted octanol–water partition coefficient (Wildman–Crippen LogP) is 4.62. The topological polar surface area (TPSA) is 109 Å². The van der Waals surface area contributed by atoms with Gasteiger partial charge in [-0.2, -0.15) is 0 Å². The van der Waals surface area contributed by atoms with E-state index in [1.807, 2.05) is 45.9 Å². The average Bonchev–Trinajstić information content (AvgIpc) is 2.90. The van der Waals surface area contributed by atoms with Gasteiger partial charge < -0.3 is 26.0 Å². The minimum Gasteiger partial charge on any atom is -0.444 e.